The maximum Gasteiger partial charge on any atom is 0.123 e. The Balaban J connectivity index is 1.75. The van der Waals surface area contributed by atoms with E-state index in [2.05, 4.69) is 12.2 Å². The van der Waals surface area contributed by atoms with Gasteiger partial charge in [-0.05, 0) is 42.7 Å². The molecule has 19 heavy (non-hydrogen) atoms. The van der Waals surface area contributed by atoms with Gasteiger partial charge in [0.25, 0.3) is 0 Å². The smallest absolute Gasteiger partial charge is 0.123 e. The van der Waals surface area contributed by atoms with Crippen LogP contribution in [0.2, 0.25) is 0 Å². The number of thioether (sulfide) groups is 1. The van der Waals surface area contributed by atoms with E-state index in [0.717, 1.165) is 10.8 Å². The molecule has 0 amide bonds. The number of halogens is 1. The lowest BCUT2D eigenvalue weighted by molar-refractivity contribution is 0.170. The molecular formula is C15H22FNOS. The van der Waals surface area contributed by atoms with Crippen molar-refractivity contribution in [2.75, 3.05) is 12.3 Å². The van der Waals surface area contributed by atoms with Crippen molar-refractivity contribution >= 4 is 11.8 Å². The van der Waals surface area contributed by atoms with Gasteiger partial charge in [-0.25, -0.2) is 4.39 Å². The van der Waals surface area contributed by atoms with Crippen molar-refractivity contribution in [3.05, 3.63) is 35.6 Å². The first-order chi connectivity index (χ1) is 9.19. The molecule has 106 valence electrons. The molecule has 4 heteroatoms. The highest BCUT2D eigenvalue weighted by Crippen LogP contribution is 2.29. The van der Waals surface area contributed by atoms with Gasteiger partial charge in [-0.1, -0.05) is 19.1 Å². The highest BCUT2D eigenvalue weighted by molar-refractivity contribution is 7.99. The van der Waals surface area contributed by atoms with E-state index in [1.165, 1.54) is 37.1 Å². The molecular weight excluding hydrogens is 261 g/mol. The van der Waals surface area contributed by atoms with E-state index in [1.807, 2.05) is 11.8 Å². The van der Waals surface area contributed by atoms with Crippen LogP contribution in [0.25, 0.3) is 0 Å². The zero-order valence-corrected chi connectivity index (χ0v) is 12.1. The fourth-order valence-corrected chi connectivity index (χ4v) is 3.74. The maximum absolute atomic E-state index is 12.8. The molecule has 2 rings (SSSR count). The first-order valence-corrected chi connectivity index (χ1v) is 8.02. The number of nitrogens with one attached hydrogen (secondary N) is 1. The van der Waals surface area contributed by atoms with E-state index < -0.39 is 6.10 Å². The Hall–Kier alpha value is -0.580. The van der Waals surface area contributed by atoms with Gasteiger partial charge in [0, 0.05) is 17.8 Å². The SMILES string of the molecule is CCSC1CCC(NCC(O)c2ccc(F)cc2)C1. The summed E-state index contributed by atoms with van der Waals surface area (Å²) in [6, 6.07) is 6.58. The lowest BCUT2D eigenvalue weighted by atomic mass is 10.1. The van der Waals surface area contributed by atoms with Crippen molar-refractivity contribution in [3.8, 4) is 0 Å². The van der Waals surface area contributed by atoms with Gasteiger partial charge in [-0.15, -0.1) is 0 Å². The van der Waals surface area contributed by atoms with Gasteiger partial charge < -0.3 is 10.4 Å². The van der Waals surface area contributed by atoms with Gasteiger partial charge in [0.2, 0.25) is 0 Å². The maximum atomic E-state index is 12.8. The standard InChI is InChI=1S/C15H22FNOS/c1-2-19-14-8-7-13(9-14)17-10-15(18)11-3-5-12(16)6-4-11/h3-6,13-15,17-18H,2,7-10H2,1H3. The summed E-state index contributed by atoms with van der Waals surface area (Å²) in [5.41, 5.74) is 0.770. The van der Waals surface area contributed by atoms with Crippen LogP contribution in [0.3, 0.4) is 0 Å². The van der Waals surface area contributed by atoms with E-state index in [4.69, 9.17) is 0 Å². The van der Waals surface area contributed by atoms with Crippen molar-refractivity contribution in [1.29, 1.82) is 0 Å². The van der Waals surface area contributed by atoms with Crippen LogP contribution in [-0.2, 0) is 0 Å². The highest BCUT2D eigenvalue weighted by Gasteiger charge is 2.24. The molecule has 1 aliphatic rings. The molecule has 3 unspecified atom stereocenters. The molecule has 1 aliphatic carbocycles. The minimum absolute atomic E-state index is 0.265. The molecule has 0 radical (unpaired) electrons. The predicted molar refractivity (Wildman–Crippen MR) is 78.9 cm³/mol. The third-order valence-electron chi connectivity index (χ3n) is 3.64. The molecule has 2 nitrogen and oxygen atoms in total. The van der Waals surface area contributed by atoms with Crippen molar-refractivity contribution < 1.29 is 9.50 Å². The predicted octanol–water partition coefficient (Wildman–Crippen LogP) is 3.12. The number of aliphatic hydroxyl groups excluding tert-OH is 1. The van der Waals surface area contributed by atoms with Crippen LogP contribution < -0.4 is 5.32 Å². The zero-order chi connectivity index (χ0) is 13.7. The Morgan fingerprint density at radius 1 is 1.37 bits per heavy atom. The van der Waals surface area contributed by atoms with Crippen LogP contribution in [0.5, 0.6) is 0 Å². The van der Waals surface area contributed by atoms with Crippen LogP contribution in [-0.4, -0.2) is 28.7 Å². The monoisotopic (exact) mass is 283 g/mol. The van der Waals surface area contributed by atoms with Crippen LogP contribution in [0.4, 0.5) is 4.39 Å². The van der Waals surface area contributed by atoms with Gasteiger partial charge in [0.05, 0.1) is 6.10 Å². The first kappa shape index (κ1) is 14.8. The average molecular weight is 283 g/mol. The van der Waals surface area contributed by atoms with E-state index in [0.29, 0.717) is 12.6 Å². The van der Waals surface area contributed by atoms with Crippen molar-refractivity contribution in [2.45, 2.75) is 43.6 Å². The van der Waals surface area contributed by atoms with Gasteiger partial charge >= 0.3 is 0 Å². The highest BCUT2D eigenvalue weighted by atomic mass is 32.2. The summed E-state index contributed by atoms with van der Waals surface area (Å²) in [4.78, 5) is 0. The molecule has 0 aliphatic heterocycles. The second-order valence-electron chi connectivity index (χ2n) is 5.06. The quantitative estimate of drug-likeness (QED) is 0.841. The van der Waals surface area contributed by atoms with Crippen LogP contribution in [0.1, 0.15) is 37.9 Å². The number of aliphatic hydroxyl groups is 1. The van der Waals surface area contributed by atoms with Gasteiger partial charge in [0.1, 0.15) is 5.82 Å². The number of benzene rings is 1. The normalized spacial score (nSPS) is 24.6. The zero-order valence-electron chi connectivity index (χ0n) is 11.3. The topological polar surface area (TPSA) is 32.3 Å². The van der Waals surface area contributed by atoms with Gasteiger partial charge in [-0.2, -0.15) is 11.8 Å². The summed E-state index contributed by atoms with van der Waals surface area (Å²) in [7, 11) is 0. The Labute approximate surface area is 118 Å². The molecule has 1 aromatic rings. The summed E-state index contributed by atoms with van der Waals surface area (Å²) in [6.45, 7) is 2.74. The summed E-state index contributed by atoms with van der Waals surface area (Å²) in [5.74, 6) is 0.911. The molecule has 1 saturated carbocycles. The summed E-state index contributed by atoms with van der Waals surface area (Å²) in [6.07, 6.45) is 3.09. The summed E-state index contributed by atoms with van der Waals surface area (Å²) >= 11 is 2.03. The summed E-state index contributed by atoms with van der Waals surface area (Å²) in [5, 5.41) is 14.2. The molecule has 0 aromatic heterocycles. The van der Waals surface area contributed by atoms with E-state index in [-0.39, 0.29) is 5.82 Å². The van der Waals surface area contributed by atoms with E-state index in [1.54, 1.807) is 12.1 Å². The van der Waals surface area contributed by atoms with E-state index >= 15 is 0 Å². The summed E-state index contributed by atoms with van der Waals surface area (Å²) < 4.78 is 12.8. The van der Waals surface area contributed by atoms with E-state index in [9.17, 15) is 9.50 Å². The lowest BCUT2D eigenvalue weighted by Gasteiger charge is -2.17. The molecule has 1 aromatic carbocycles. The number of rotatable bonds is 6. The minimum Gasteiger partial charge on any atom is -0.387 e. The minimum atomic E-state index is -0.557. The third-order valence-corrected chi connectivity index (χ3v) is 4.87. The van der Waals surface area contributed by atoms with Crippen LogP contribution in [0.15, 0.2) is 24.3 Å². The molecule has 1 fully saturated rings. The molecule has 0 saturated heterocycles. The Kier molecular flexibility index (Phi) is 5.67. The average Bonchev–Trinajstić information content (AvgIpc) is 2.85. The fourth-order valence-electron chi connectivity index (χ4n) is 2.59. The largest absolute Gasteiger partial charge is 0.387 e. The van der Waals surface area contributed by atoms with Crippen molar-refractivity contribution in [3.63, 3.8) is 0 Å². The molecule has 0 heterocycles. The Morgan fingerprint density at radius 2 is 2.11 bits per heavy atom. The third kappa shape index (κ3) is 4.48. The second kappa shape index (κ2) is 7.27. The first-order valence-electron chi connectivity index (χ1n) is 6.97. The van der Waals surface area contributed by atoms with Crippen LogP contribution >= 0.6 is 11.8 Å². The van der Waals surface area contributed by atoms with Gasteiger partial charge in [0.15, 0.2) is 0 Å². The van der Waals surface area contributed by atoms with Crippen LogP contribution in [0, 0.1) is 5.82 Å². The Morgan fingerprint density at radius 3 is 2.79 bits per heavy atom. The van der Waals surface area contributed by atoms with Crippen molar-refractivity contribution in [1.82, 2.24) is 5.32 Å². The number of hydrogen-bond acceptors (Lipinski definition) is 3. The molecule has 2 N–H and O–H groups in total. The lowest BCUT2D eigenvalue weighted by Crippen LogP contribution is -2.31. The molecule has 3 atom stereocenters. The van der Waals surface area contributed by atoms with Crippen molar-refractivity contribution in [2.24, 2.45) is 0 Å². The van der Waals surface area contributed by atoms with Gasteiger partial charge in [-0.3, -0.25) is 0 Å². The fraction of sp³-hybridized carbons (Fsp3) is 0.600. The molecule has 0 spiro atoms. The molecule has 0 bridgehead atoms. The Bertz CT molecular complexity index is 384. The number of hydrogen-bond donors (Lipinski definition) is 2. The second-order valence-corrected chi connectivity index (χ2v) is 6.64.